The van der Waals surface area contributed by atoms with Crippen LogP contribution in [0.5, 0.6) is 0 Å². The van der Waals surface area contributed by atoms with E-state index in [0.717, 1.165) is 33.1 Å². The van der Waals surface area contributed by atoms with Crippen LogP contribution < -0.4 is 5.73 Å². The number of aromatic nitrogens is 2. The molecule has 0 radical (unpaired) electrons. The minimum atomic E-state index is 0.448. The van der Waals surface area contributed by atoms with Crippen LogP contribution in [0.3, 0.4) is 0 Å². The van der Waals surface area contributed by atoms with Crippen molar-refractivity contribution in [3.63, 3.8) is 0 Å². The van der Waals surface area contributed by atoms with Gasteiger partial charge in [0, 0.05) is 22.7 Å². The van der Waals surface area contributed by atoms with Gasteiger partial charge in [0.25, 0.3) is 0 Å². The number of aryl methyl sites for hydroxylation is 1. The third-order valence-corrected chi connectivity index (χ3v) is 3.92. The molecule has 3 nitrogen and oxygen atoms in total. The number of rotatable bonds is 3. The molecule has 1 heterocycles. The van der Waals surface area contributed by atoms with Gasteiger partial charge in [-0.2, -0.15) is 5.10 Å². The summed E-state index contributed by atoms with van der Waals surface area (Å²) in [5, 5.41) is 5.22. The average molecular weight is 298 g/mol. The van der Waals surface area contributed by atoms with Gasteiger partial charge in [-0.15, -0.1) is 0 Å². The monoisotopic (exact) mass is 297 g/mol. The second-order valence-corrected chi connectivity index (χ2v) is 5.34. The van der Waals surface area contributed by atoms with Crippen LogP contribution >= 0.6 is 11.6 Å². The SMILES string of the molecule is Cc1ccc(-n2ncc(CN)c2-c2ccccc2)cc1Cl. The van der Waals surface area contributed by atoms with Gasteiger partial charge in [0.1, 0.15) is 0 Å². The Morgan fingerprint density at radius 2 is 1.90 bits per heavy atom. The molecule has 0 aliphatic rings. The Morgan fingerprint density at radius 3 is 2.57 bits per heavy atom. The highest BCUT2D eigenvalue weighted by Gasteiger charge is 2.13. The van der Waals surface area contributed by atoms with E-state index in [2.05, 4.69) is 17.2 Å². The zero-order valence-electron chi connectivity index (χ0n) is 11.8. The molecule has 2 aromatic carbocycles. The first kappa shape index (κ1) is 13.9. The molecule has 3 aromatic rings. The Balaban J connectivity index is 2.20. The molecule has 0 fully saturated rings. The maximum atomic E-state index is 6.24. The summed E-state index contributed by atoms with van der Waals surface area (Å²) in [7, 11) is 0. The van der Waals surface area contributed by atoms with E-state index in [9.17, 15) is 0 Å². The van der Waals surface area contributed by atoms with Gasteiger partial charge >= 0.3 is 0 Å². The Bertz CT molecular complexity index is 763. The minimum Gasteiger partial charge on any atom is -0.326 e. The lowest BCUT2D eigenvalue weighted by Gasteiger charge is -2.10. The van der Waals surface area contributed by atoms with Gasteiger partial charge < -0.3 is 5.73 Å². The Morgan fingerprint density at radius 1 is 1.14 bits per heavy atom. The van der Waals surface area contributed by atoms with Gasteiger partial charge in [0.15, 0.2) is 0 Å². The fourth-order valence-electron chi connectivity index (χ4n) is 2.34. The summed E-state index contributed by atoms with van der Waals surface area (Å²) >= 11 is 6.24. The van der Waals surface area contributed by atoms with Crippen molar-refractivity contribution in [2.24, 2.45) is 5.73 Å². The Kier molecular flexibility index (Phi) is 3.78. The van der Waals surface area contributed by atoms with E-state index in [1.165, 1.54) is 0 Å². The predicted molar refractivity (Wildman–Crippen MR) is 86.6 cm³/mol. The van der Waals surface area contributed by atoms with Gasteiger partial charge in [-0.05, 0) is 24.6 Å². The van der Waals surface area contributed by atoms with E-state index in [4.69, 9.17) is 17.3 Å². The maximum Gasteiger partial charge on any atom is 0.0785 e. The lowest BCUT2D eigenvalue weighted by atomic mass is 10.1. The van der Waals surface area contributed by atoms with Gasteiger partial charge in [-0.1, -0.05) is 48.0 Å². The summed E-state index contributed by atoms with van der Waals surface area (Å²) in [5.41, 5.74) is 11.0. The molecular formula is C17H16ClN3. The van der Waals surface area contributed by atoms with Crippen LogP contribution in [0.1, 0.15) is 11.1 Å². The minimum absolute atomic E-state index is 0.448. The Hall–Kier alpha value is -2.10. The van der Waals surface area contributed by atoms with Gasteiger partial charge in [-0.3, -0.25) is 0 Å². The van der Waals surface area contributed by atoms with Crippen molar-refractivity contribution in [2.75, 3.05) is 0 Å². The highest BCUT2D eigenvalue weighted by molar-refractivity contribution is 6.31. The molecule has 0 unspecified atom stereocenters. The number of hydrogen-bond acceptors (Lipinski definition) is 2. The number of nitrogens with zero attached hydrogens (tertiary/aromatic N) is 2. The largest absolute Gasteiger partial charge is 0.326 e. The normalized spacial score (nSPS) is 10.8. The molecule has 2 N–H and O–H groups in total. The van der Waals surface area contributed by atoms with Gasteiger partial charge in [0.2, 0.25) is 0 Å². The second-order valence-electron chi connectivity index (χ2n) is 4.93. The van der Waals surface area contributed by atoms with Crippen LogP contribution in [0.4, 0.5) is 0 Å². The molecule has 0 atom stereocenters. The van der Waals surface area contributed by atoms with Crippen LogP contribution in [-0.2, 0) is 6.54 Å². The highest BCUT2D eigenvalue weighted by Crippen LogP contribution is 2.28. The number of hydrogen-bond donors (Lipinski definition) is 1. The summed E-state index contributed by atoms with van der Waals surface area (Å²) in [6, 6.07) is 16.1. The van der Waals surface area contributed by atoms with E-state index in [1.54, 1.807) is 0 Å². The molecule has 1 aromatic heterocycles. The molecule has 3 rings (SSSR count). The average Bonchev–Trinajstić information content (AvgIpc) is 2.95. The van der Waals surface area contributed by atoms with E-state index >= 15 is 0 Å². The van der Waals surface area contributed by atoms with Crippen molar-refractivity contribution in [1.82, 2.24) is 9.78 Å². The zero-order chi connectivity index (χ0) is 14.8. The first-order valence-electron chi connectivity index (χ1n) is 6.79. The van der Waals surface area contributed by atoms with Crippen molar-refractivity contribution in [2.45, 2.75) is 13.5 Å². The van der Waals surface area contributed by atoms with Crippen molar-refractivity contribution < 1.29 is 0 Å². The van der Waals surface area contributed by atoms with E-state index in [0.29, 0.717) is 6.54 Å². The quantitative estimate of drug-likeness (QED) is 0.795. The molecule has 0 amide bonds. The fourth-order valence-corrected chi connectivity index (χ4v) is 2.52. The molecule has 0 spiro atoms. The predicted octanol–water partition coefficient (Wildman–Crippen LogP) is 3.96. The molecular weight excluding hydrogens is 282 g/mol. The lowest BCUT2D eigenvalue weighted by Crippen LogP contribution is -2.02. The zero-order valence-corrected chi connectivity index (χ0v) is 12.5. The van der Waals surface area contributed by atoms with Crippen LogP contribution in [0.15, 0.2) is 54.7 Å². The van der Waals surface area contributed by atoms with Crippen molar-refractivity contribution >= 4 is 11.6 Å². The van der Waals surface area contributed by atoms with E-state index < -0.39 is 0 Å². The van der Waals surface area contributed by atoms with Crippen LogP contribution in [0.2, 0.25) is 5.02 Å². The summed E-state index contributed by atoms with van der Waals surface area (Å²) in [4.78, 5) is 0. The Labute approximate surface area is 129 Å². The highest BCUT2D eigenvalue weighted by atomic mass is 35.5. The van der Waals surface area contributed by atoms with Crippen molar-refractivity contribution in [3.05, 3.63) is 70.9 Å². The molecule has 0 aliphatic heterocycles. The van der Waals surface area contributed by atoms with E-state index in [-0.39, 0.29) is 0 Å². The first-order chi connectivity index (χ1) is 10.2. The summed E-state index contributed by atoms with van der Waals surface area (Å²) < 4.78 is 1.89. The molecule has 21 heavy (non-hydrogen) atoms. The second kappa shape index (κ2) is 5.72. The summed E-state index contributed by atoms with van der Waals surface area (Å²) in [5.74, 6) is 0. The first-order valence-corrected chi connectivity index (χ1v) is 7.17. The number of nitrogens with two attached hydrogens (primary N) is 1. The van der Waals surface area contributed by atoms with Crippen LogP contribution in [0, 0.1) is 6.92 Å². The van der Waals surface area contributed by atoms with Gasteiger partial charge in [-0.25, -0.2) is 4.68 Å². The maximum absolute atomic E-state index is 6.24. The topological polar surface area (TPSA) is 43.8 Å². The van der Waals surface area contributed by atoms with Gasteiger partial charge in [0.05, 0.1) is 17.6 Å². The third-order valence-electron chi connectivity index (χ3n) is 3.51. The van der Waals surface area contributed by atoms with E-state index in [1.807, 2.05) is 54.2 Å². The van der Waals surface area contributed by atoms with Crippen molar-refractivity contribution in [1.29, 1.82) is 0 Å². The third kappa shape index (κ3) is 2.58. The smallest absolute Gasteiger partial charge is 0.0785 e. The van der Waals surface area contributed by atoms with Crippen LogP contribution in [-0.4, -0.2) is 9.78 Å². The lowest BCUT2D eigenvalue weighted by molar-refractivity contribution is 0.887. The van der Waals surface area contributed by atoms with Crippen molar-refractivity contribution in [3.8, 4) is 16.9 Å². The molecule has 106 valence electrons. The fraction of sp³-hybridized carbons (Fsp3) is 0.118. The molecule has 4 heteroatoms. The molecule has 0 saturated heterocycles. The van der Waals surface area contributed by atoms with Crippen LogP contribution in [0.25, 0.3) is 16.9 Å². The molecule has 0 bridgehead atoms. The number of benzene rings is 2. The summed E-state index contributed by atoms with van der Waals surface area (Å²) in [6.45, 7) is 2.43. The number of halogens is 1. The summed E-state index contributed by atoms with van der Waals surface area (Å²) in [6.07, 6.45) is 1.82. The standard InChI is InChI=1S/C17H16ClN3/c1-12-7-8-15(9-16(12)18)21-17(14(10-19)11-20-21)13-5-3-2-4-6-13/h2-9,11H,10,19H2,1H3. The molecule has 0 aliphatic carbocycles. The molecule has 0 saturated carbocycles.